The van der Waals surface area contributed by atoms with Gasteiger partial charge in [-0.1, -0.05) is 30.3 Å². The van der Waals surface area contributed by atoms with E-state index in [-0.39, 0.29) is 45.6 Å². The molecule has 3 aromatic carbocycles. The highest BCUT2D eigenvalue weighted by Gasteiger charge is 2.32. The van der Waals surface area contributed by atoms with E-state index in [4.69, 9.17) is 13.6 Å². The zero-order chi connectivity index (χ0) is 29.4. The molecule has 0 spiro atoms. The van der Waals surface area contributed by atoms with Gasteiger partial charge in [-0.3, -0.25) is 14.4 Å². The third-order valence-corrected chi connectivity index (χ3v) is 7.87. The summed E-state index contributed by atoms with van der Waals surface area (Å²) >= 11 is 0. The second kappa shape index (κ2) is 11.1. The standard InChI is InChI=1S/C33H29NO8/c1-40-20-10-11-27-22(14-20)32(39)23(18-41-27)21(15-29(38)34-12-6-3-7-13-34)30-24(35)16-25(36)31-26(37)17-28(42-33(30)31)19-8-4-2-5-9-19/h2,4-5,8-11,14,16-18,21,35-36H,3,6-7,12-13,15H2,1H3/t21-/m0/s1. The van der Waals surface area contributed by atoms with Crippen molar-refractivity contribution in [1.29, 1.82) is 0 Å². The Hall–Kier alpha value is -5.05. The van der Waals surface area contributed by atoms with Crippen LogP contribution >= 0.6 is 0 Å². The number of ether oxygens (including phenoxy) is 1. The highest BCUT2D eigenvalue weighted by atomic mass is 16.5. The average molecular weight is 568 g/mol. The predicted molar refractivity (Wildman–Crippen MR) is 157 cm³/mol. The Morgan fingerprint density at radius 3 is 2.48 bits per heavy atom. The Morgan fingerprint density at radius 1 is 0.976 bits per heavy atom. The number of amides is 1. The summed E-state index contributed by atoms with van der Waals surface area (Å²) in [4.78, 5) is 42.7. The Labute approximate surface area is 240 Å². The smallest absolute Gasteiger partial charge is 0.223 e. The first-order valence-corrected chi connectivity index (χ1v) is 13.8. The van der Waals surface area contributed by atoms with Crippen LogP contribution in [0.1, 0.15) is 42.7 Å². The highest BCUT2D eigenvalue weighted by Crippen LogP contribution is 2.43. The summed E-state index contributed by atoms with van der Waals surface area (Å²) in [5.41, 5.74) is -0.0138. The number of nitrogens with zero attached hydrogens (tertiary/aromatic N) is 1. The van der Waals surface area contributed by atoms with Gasteiger partial charge in [0.25, 0.3) is 0 Å². The lowest BCUT2D eigenvalue weighted by Gasteiger charge is -2.29. The number of hydrogen-bond donors (Lipinski definition) is 2. The van der Waals surface area contributed by atoms with E-state index < -0.39 is 28.3 Å². The van der Waals surface area contributed by atoms with Gasteiger partial charge in [0, 0.05) is 54.3 Å². The molecule has 9 heteroatoms. The summed E-state index contributed by atoms with van der Waals surface area (Å²) < 4.78 is 17.4. The van der Waals surface area contributed by atoms with E-state index in [1.165, 1.54) is 19.4 Å². The van der Waals surface area contributed by atoms with Crippen LogP contribution in [0, 0.1) is 0 Å². The number of hydrogen-bond acceptors (Lipinski definition) is 8. The summed E-state index contributed by atoms with van der Waals surface area (Å²) in [5, 5.41) is 22.1. The van der Waals surface area contributed by atoms with Crippen LogP contribution in [0.2, 0.25) is 0 Å². The Balaban J connectivity index is 1.62. The van der Waals surface area contributed by atoms with Crippen LogP contribution in [0.3, 0.4) is 0 Å². The lowest BCUT2D eigenvalue weighted by molar-refractivity contribution is -0.132. The fourth-order valence-electron chi connectivity index (χ4n) is 5.71. The van der Waals surface area contributed by atoms with Crippen molar-refractivity contribution < 1.29 is 28.6 Å². The first-order valence-electron chi connectivity index (χ1n) is 13.8. The quantitative estimate of drug-likeness (QED) is 0.274. The van der Waals surface area contributed by atoms with Gasteiger partial charge in [0.15, 0.2) is 10.9 Å². The predicted octanol–water partition coefficient (Wildman–Crippen LogP) is 5.52. The van der Waals surface area contributed by atoms with E-state index in [9.17, 15) is 24.6 Å². The van der Waals surface area contributed by atoms with E-state index in [2.05, 4.69) is 0 Å². The molecule has 0 aliphatic carbocycles. The number of piperidine rings is 1. The molecule has 1 aliphatic heterocycles. The van der Waals surface area contributed by atoms with Crippen LogP contribution in [0.15, 0.2) is 85.4 Å². The summed E-state index contributed by atoms with van der Waals surface area (Å²) in [5.74, 6) is -1.53. The number of aromatic hydroxyl groups is 2. The molecule has 2 N–H and O–H groups in total. The molecule has 0 bridgehead atoms. The van der Waals surface area contributed by atoms with Crippen molar-refractivity contribution in [3.05, 3.63) is 98.5 Å². The fourth-order valence-corrected chi connectivity index (χ4v) is 5.71. The lowest BCUT2D eigenvalue weighted by atomic mass is 9.86. The molecule has 9 nitrogen and oxygen atoms in total. The second-order valence-corrected chi connectivity index (χ2v) is 10.5. The highest BCUT2D eigenvalue weighted by molar-refractivity contribution is 5.91. The van der Waals surface area contributed by atoms with Crippen molar-refractivity contribution in [3.63, 3.8) is 0 Å². The number of phenols is 2. The number of methoxy groups -OCH3 is 1. The maximum atomic E-state index is 14.0. The Kier molecular flexibility index (Phi) is 7.16. The van der Waals surface area contributed by atoms with E-state index in [0.717, 1.165) is 25.3 Å². The van der Waals surface area contributed by atoms with Crippen molar-refractivity contribution in [2.75, 3.05) is 20.2 Å². The number of phenolic OH excluding ortho intramolecular Hbond substituents is 2. The van der Waals surface area contributed by atoms with Gasteiger partial charge in [-0.15, -0.1) is 0 Å². The number of likely N-dealkylation sites (tertiary alicyclic amines) is 1. The maximum absolute atomic E-state index is 14.0. The number of carbonyl (C=O) groups is 1. The monoisotopic (exact) mass is 567 g/mol. The summed E-state index contributed by atoms with van der Waals surface area (Å²) in [6.07, 6.45) is 3.85. The molecule has 214 valence electrons. The summed E-state index contributed by atoms with van der Waals surface area (Å²) in [6.45, 7) is 1.18. The van der Waals surface area contributed by atoms with E-state index in [1.807, 2.05) is 6.07 Å². The molecule has 2 aromatic heterocycles. The Bertz CT molecular complexity index is 1920. The van der Waals surface area contributed by atoms with Gasteiger partial charge >= 0.3 is 0 Å². The molecule has 0 saturated carbocycles. The van der Waals surface area contributed by atoms with Crippen LogP contribution in [0.5, 0.6) is 17.2 Å². The zero-order valence-corrected chi connectivity index (χ0v) is 23.0. The molecule has 0 radical (unpaired) electrons. The molecule has 3 heterocycles. The third-order valence-electron chi connectivity index (χ3n) is 7.87. The van der Waals surface area contributed by atoms with E-state index in [1.54, 1.807) is 47.4 Å². The van der Waals surface area contributed by atoms with Crippen LogP contribution in [0.25, 0.3) is 33.3 Å². The maximum Gasteiger partial charge on any atom is 0.223 e. The number of benzene rings is 3. The molecular formula is C33H29NO8. The molecule has 6 rings (SSSR count). The molecule has 1 saturated heterocycles. The van der Waals surface area contributed by atoms with Crippen LogP contribution < -0.4 is 15.6 Å². The first-order chi connectivity index (χ1) is 20.4. The topological polar surface area (TPSA) is 130 Å². The van der Waals surface area contributed by atoms with Crippen LogP contribution in [-0.4, -0.2) is 41.2 Å². The zero-order valence-electron chi connectivity index (χ0n) is 23.0. The molecular weight excluding hydrogens is 538 g/mol. The summed E-state index contributed by atoms with van der Waals surface area (Å²) in [7, 11) is 1.49. The van der Waals surface area contributed by atoms with Crippen molar-refractivity contribution >= 4 is 27.8 Å². The summed E-state index contributed by atoms with van der Waals surface area (Å²) in [6, 6.07) is 16.1. The number of rotatable bonds is 6. The minimum absolute atomic E-state index is 0.0394. The third kappa shape index (κ3) is 4.87. The van der Waals surface area contributed by atoms with E-state index in [0.29, 0.717) is 30.0 Å². The average Bonchev–Trinajstić information content (AvgIpc) is 3.01. The van der Waals surface area contributed by atoms with Gasteiger partial charge < -0.3 is 28.7 Å². The van der Waals surface area contributed by atoms with Crippen molar-refractivity contribution in [1.82, 2.24) is 4.90 Å². The number of carbonyl (C=O) groups excluding carboxylic acids is 1. The van der Waals surface area contributed by atoms with Gasteiger partial charge in [0.2, 0.25) is 5.91 Å². The molecule has 1 amide bonds. The largest absolute Gasteiger partial charge is 0.507 e. The van der Waals surface area contributed by atoms with E-state index >= 15 is 0 Å². The minimum atomic E-state index is -1.07. The molecule has 5 aromatic rings. The van der Waals surface area contributed by atoms with Gasteiger partial charge in [-0.2, -0.15) is 0 Å². The molecule has 1 fully saturated rings. The van der Waals surface area contributed by atoms with Crippen molar-refractivity contribution in [2.24, 2.45) is 0 Å². The molecule has 1 atom stereocenters. The fraction of sp³-hybridized carbons (Fsp3) is 0.242. The Morgan fingerprint density at radius 2 is 1.74 bits per heavy atom. The van der Waals surface area contributed by atoms with Gasteiger partial charge in [-0.05, 0) is 37.5 Å². The van der Waals surface area contributed by atoms with Crippen molar-refractivity contribution in [3.8, 4) is 28.6 Å². The SMILES string of the molecule is COc1ccc2occ([C@H](CC(=O)N3CCCCC3)c3c(O)cc(O)c4c(=O)cc(-c5ccccc5)oc34)c(=O)c2c1. The molecule has 42 heavy (non-hydrogen) atoms. The van der Waals surface area contributed by atoms with Gasteiger partial charge in [0.05, 0.1) is 18.8 Å². The van der Waals surface area contributed by atoms with Crippen LogP contribution in [-0.2, 0) is 4.79 Å². The van der Waals surface area contributed by atoms with Gasteiger partial charge in [-0.25, -0.2) is 0 Å². The van der Waals surface area contributed by atoms with Crippen molar-refractivity contribution in [2.45, 2.75) is 31.6 Å². The normalized spacial score (nSPS) is 14.3. The molecule has 1 aliphatic rings. The number of fused-ring (bicyclic) bond motifs is 2. The minimum Gasteiger partial charge on any atom is -0.507 e. The molecule has 0 unspecified atom stereocenters. The second-order valence-electron chi connectivity index (χ2n) is 10.5. The van der Waals surface area contributed by atoms with Crippen LogP contribution in [0.4, 0.5) is 0 Å². The van der Waals surface area contributed by atoms with Gasteiger partial charge in [0.1, 0.15) is 39.6 Å². The lowest BCUT2D eigenvalue weighted by Crippen LogP contribution is -2.36. The first kappa shape index (κ1) is 27.1.